The standard InChI is InChI=1S/C20H13N3O10S2.C20H13N3O7S.Cr/c24-16-6-1-10-7-12(34(28,29)30)3-5-13(10)19(16)21-22-20-14-4-2-11(23(26)27)8-15(14)18(9-17(20)25)35(31,32)33;24-16-8-5-11-3-1-2-4-13(11)19(16)21-22-20-14-7-6-12(23(26)27)9-15(14)18(10-17(20)25)31(28,29)30;/h1-9,24-25H,(H,28,29,30)(H,31,32,33);1-10,24-25H,(H,28,29,30);/p+4. The van der Waals surface area contributed by atoms with Gasteiger partial charge in [0.2, 0.25) is 0 Å². The van der Waals surface area contributed by atoms with Crippen LogP contribution >= 0.6 is 0 Å². The number of phenolic OH excluding ortho intramolecular Hbond substituents is 4. The first-order chi connectivity index (χ1) is 30.9. The Morgan fingerprint density at radius 2 is 0.806 bits per heavy atom. The number of azo groups is 2. The van der Waals surface area contributed by atoms with Crippen LogP contribution in [0.4, 0.5) is 34.1 Å². The van der Waals surface area contributed by atoms with Crippen molar-refractivity contribution in [3.05, 3.63) is 135 Å². The van der Waals surface area contributed by atoms with Gasteiger partial charge in [0.1, 0.15) is 55.5 Å². The normalized spacial score (nSPS) is 12.1. The first kappa shape index (κ1) is 48.7. The fraction of sp³-hybridized carbons (Fsp3) is 0. The first-order valence-electron chi connectivity index (χ1n) is 18.0. The summed E-state index contributed by atoms with van der Waals surface area (Å²) in [6, 6.07) is 23.9. The summed E-state index contributed by atoms with van der Waals surface area (Å²) < 4.78 is 98.1. The summed E-state index contributed by atoms with van der Waals surface area (Å²) in [4.78, 5) is 18.8. The van der Waals surface area contributed by atoms with Gasteiger partial charge >= 0.3 is 5.71 Å². The van der Waals surface area contributed by atoms with E-state index in [0.717, 1.165) is 53.9 Å². The van der Waals surface area contributed by atoms with Crippen molar-refractivity contribution in [2.75, 3.05) is 0 Å². The topological polar surface area (TPSA) is 380 Å². The van der Waals surface area contributed by atoms with Gasteiger partial charge in [-0.2, -0.15) is 25.3 Å². The van der Waals surface area contributed by atoms with Gasteiger partial charge in [-0.1, -0.05) is 42.5 Å². The molecule has 0 unspecified atom stereocenters. The number of nitro groups is 2. The van der Waals surface area contributed by atoms with Crippen LogP contribution in [0.25, 0.3) is 43.1 Å². The molecule has 8 aromatic rings. The molecule has 27 heteroatoms. The van der Waals surface area contributed by atoms with Gasteiger partial charge < -0.3 is 20.4 Å². The molecule has 0 saturated carbocycles. The maximum absolute atomic E-state index is 11.8. The maximum Gasteiger partial charge on any atom is 1.00 e. The Bertz CT molecular complexity index is 3840. The maximum atomic E-state index is 11.8. The third-order valence-electron chi connectivity index (χ3n) is 9.66. The van der Waals surface area contributed by atoms with E-state index in [4.69, 9.17) is 0 Å². The van der Waals surface area contributed by atoms with E-state index in [-0.39, 0.29) is 89.6 Å². The van der Waals surface area contributed by atoms with Crippen molar-refractivity contribution in [2.45, 2.75) is 14.7 Å². The van der Waals surface area contributed by atoms with Crippen molar-refractivity contribution in [3.8, 4) is 23.0 Å². The van der Waals surface area contributed by atoms with E-state index in [1.54, 1.807) is 30.3 Å². The largest absolute Gasteiger partial charge is 1.00 e. The third kappa shape index (κ3) is 9.93. The molecule has 0 radical (unpaired) electrons. The number of nitrogens with zero attached hydrogens (tertiary/aromatic N) is 6. The van der Waals surface area contributed by atoms with Crippen LogP contribution in [0, 0.1) is 20.2 Å². The predicted molar refractivity (Wildman–Crippen MR) is 238 cm³/mol. The Balaban J connectivity index is 0.000000457. The van der Waals surface area contributed by atoms with Crippen molar-refractivity contribution >= 4 is 108 Å². The number of phenols is 4. The minimum atomic E-state index is -4.89. The van der Waals surface area contributed by atoms with Crippen LogP contribution in [0.5, 0.6) is 23.0 Å². The summed E-state index contributed by atoms with van der Waals surface area (Å²) in [6.45, 7) is 0. The molecule has 0 atom stereocenters. The summed E-state index contributed by atoms with van der Waals surface area (Å²) in [7, 11) is -14.2. The molecule has 8 aromatic carbocycles. The molecule has 0 heterocycles. The Hall–Kier alpha value is -7.74. The monoisotopic (exact) mass is 1010 g/mol. The van der Waals surface area contributed by atoms with Crippen LogP contribution in [0.3, 0.4) is 0 Å². The van der Waals surface area contributed by atoms with Gasteiger partial charge in [-0.3, -0.25) is 33.9 Å². The average Bonchev–Trinajstić information content (AvgIpc) is 3.25. The SMILES string of the molecule is O=[N+]([O-])c1ccc2c(N=Nc3c(O)ccc4cc(S(=O)(=O)O)ccc34)c(O)cc(S(=O)(=O)O)c2c1.O=[N+]([O-])c1ccc2c(N=Nc3c(O)ccc4ccccc34)c(O)cc(S(=O)(=O)O)c2c1.[Cr].[H+].[H+].[H+].[H+]. The molecule has 0 saturated heterocycles. The molecule has 0 spiro atoms. The Morgan fingerprint density at radius 1 is 0.418 bits per heavy atom. The van der Waals surface area contributed by atoms with E-state index in [9.17, 15) is 79.6 Å². The summed E-state index contributed by atoms with van der Waals surface area (Å²) in [6.07, 6.45) is 0. The van der Waals surface area contributed by atoms with Crippen LogP contribution in [0.15, 0.2) is 150 Å². The molecular weight excluding hydrogens is 985 g/mol. The summed E-state index contributed by atoms with van der Waals surface area (Å²) >= 11 is 0. The molecule has 0 aromatic heterocycles. The Kier molecular flexibility index (Phi) is 13.3. The molecule has 23 nitrogen and oxygen atoms in total. The van der Waals surface area contributed by atoms with Gasteiger partial charge in [-0.15, -0.1) is 20.5 Å². The molecular formula is C40H30CrN6O17S3+4. The van der Waals surface area contributed by atoms with Gasteiger partial charge in [0.25, 0.3) is 41.7 Å². The summed E-state index contributed by atoms with van der Waals surface area (Å²) in [5.41, 5.74) is -1.46. The molecule has 67 heavy (non-hydrogen) atoms. The second-order valence-corrected chi connectivity index (χ2v) is 18.0. The van der Waals surface area contributed by atoms with E-state index < -0.39 is 77.8 Å². The number of hydrogen-bond acceptors (Lipinski definition) is 18. The van der Waals surface area contributed by atoms with Crippen molar-refractivity contribution in [3.63, 3.8) is 0 Å². The fourth-order valence-corrected chi connectivity index (χ4v) is 8.59. The zero-order chi connectivity index (χ0) is 48.0. The van der Waals surface area contributed by atoms with Crippen LogP contribution in [0.1, 0.15) is 5.71 Å². The molecule has 0 aliphatic rings. The molecule has 0 amide bonds. The quantitative estimate of drug-likeness (QED) is 0.0306. The van der Waals surface area contributed by atoms with Gasteiger partial charge in [0.05, 0.1) is 14.7 Å². The van der Waals surface area contributed by atoms with Crippen LogP contribution < -0.4 is 0 Å². The van der Waals surface area contributed by atoms with Crippen molar-refractivity contribution < 1.29 is 92.3 Å². The second-order valence-electron chi connectivity index (χ2n) is 13.8. The molecule has 0 aliphatic heterocycles. The average molecular weight is 1010 g/mol. The molecule has 8 rings (SSSR count). The zero-order valence-corrected chi connectivity index (χ0v) is 36.7. The number of non-ortho nitro benzene ring substituents is 2. The number of hydrogen-bond donors (Lipinski definition) is 7. The van der Waals surface area contributed by atoms with Crippen LogP contribution in [0.2, 0.25) is 0 Å². The zero-order valence-electron chi connectivity index (χ0n) is 37.0. The van der Waals surface area contributed by atoms with Crippen LogP contribution in [-0.4, -0.2) is 69.2 Å². The summed E-state index contributed by atoms with van der Waals surface area (Å²) in [5.74, 6) is -1.92. The number of nitro benzene ring substituents is 2. The van der Waals surface area contributed by atoms with E-state index in [1.807, 2.05) is 0 Å². The Morgan fingerprint density at radius 3 is 1.22 bits per heavy atom. The van der Waals surface area contributed by atoms with Crippen molar-refractivity contribution in [2.24, 2.45) is 20.5 Å². The number of aromatic hydroxyl groups is 4. The number of benzene rings is 8. The van der Waals surface area contributed by atoms with E-state index >= 15 is 0 Å². The molecule has 7 N–H and O–H groups in total. The van der Waals surface area contributed by atoms with E-state index in [2.05, 4.69) is 20.5 Å². The number of fused-ring (bicyclic) bond motifs is 4. The van der Waals surface area contributed by atoms with E-state index in [1.165, 1.54) is 30.3 Å². The van der Waals surface area contributed by atoms with E-state index in [0.29, 0.717) is 11.5 Å². The molecule has 0 fully saturated rings. The first-order valence-corrected chi connectivity index (χ1v) is 22.4. The summed E-state index contributed by atoms with van der Waals surface area (Å²) in [5, 5.41) is 80.5. The Labute approximate surface area is 391 Å². The smallest absolute Gasteiger partial charge is 0.506 e. The van der Waals surface area contributed by atoms with Crippen molar-refractivity contribution in [1.29, 1.82) is 0 Å². The van der Waals surface area contributed by atoms with Gasteiger partial charge in [-0.05, 0) is 47.2 Å². The molecule has 0 bridgehead atoms. The molecule has 342 valence electrons. The minimum absolute atomic E-state index is 0. The van der Waals surface area contributed by atoms with Gasteiger partial charge in [-0.25, -0.2) is 0 Å². The van der Waals surface area contributed by atoms with Crippen molar-refractivity contribution in [1.82, 2.24) is 0 Å². The minimum Gasteiger partial charge on any atom is -0.506 e. The second kappa shape index (κ2) is 18.3. The number of rotatable bonds is 9. The fourth-order valence-electron chi connectivity index (χ4n) is 6.66. The van der Waals surface area contributed by atoms with Crippen LogP contribution in [-0.2, 0) is 47.7 Å². The van der Waals surface area contributed by atoms with Gasteiger partial charge in [0.15, 0.2) is 0 Å². The molecule has 0 aliphatic carbocycles. The third-order valence-corrected chi connectivity index (χ3v) is 12.3. The van der Waals surface area contributed by atoms with Gasteiger partial charge in [0, 0.05) is 86.1 Å². The predicted octanol–water partition coefficient (Wildman–Crippen LogP) is 9.64.